The Morgan fingerprint density at radius 2 is 2.04 bits per heavy atom. The monoisotopic (exact) mass is 354 g/mol. The molecule has 140 valence electrons. The summed E-state index contributed by atoms with van der Waals surface area (Å²) in [6.45, 7) is 4.87. The van der Waals surface area contributed by atoms with Crippen molar-refractivity contribution in [3.63, 3.8) is 0 Å². The minimum absolute atomic E-state index is 0.413. The lowest BCUT2D eigenvalue weighted by Gasteiger charge is -2.26. The summed E-state index contributed by atoms with van der Waals surface area (Å²) in [6.07, 6.45) is 10.4. The number of fused-ring (bicyclic) bond motifs is 1. The number of nitrogens with one attached hydrogen (secondary N) is 1. The molecule has 5 heteroatoms. The predicted molar refractivity (Wildman–Crippen MR) is 106 cm³/mol. The Morgan fingerprint density at radius 3 is 2.85 bits per heavy atom. The number of benzene rings is 1. The van der Waals surface area contributed by atoms with Crippen molar-refractivity contribution < 1.29 is 5.11 Å². The lowest BCUT2D eigenvalue weighted by molar-refractivity contribution is 0.259. The van der Waals surface area contributed by atoms with E-state index in [4.69, 9.17) is 0 Å². The summed E-state index contributed by atoms with van der Waals surface area (Å²) in [5, 5.41) is 13.9. The first-order chi connectivity index (χ1) is 12.8. The highest BCUT2D eigenvalue weighted by molar-refractivity contribution is 5.80. The molecule has 0 aromatic heterocycles. The molecule has 5 nitrogen and oxygen atoms in total. The molecule has 0 saturated carbocycles. The second-order valence-electron chi connectivity index (χ2n) is 7.62. The van der Waals surface area contributed by atoms with Crippen LogP contribution in [0, 0.1) is 0 Å². The first-order valence-corrected chi connectivity index (χ1v) is 9.93. The number of aromatic hydroxyl groups is 1. The molecule has 0 spiro atoms. The SMILES string of the molecule is CN=C(NCc1c(O)ccc2c1CCCC2)N1CCC(N2CC=CC2)C1. The molecule has 1 atom stereocenters. The molecule has 2 N–H and O–H groups in total. The number of hydrogen-bond donors (Lipinski definition) is 2. The predicted octanol–water partition coefficient (Wildman–Crippen LogP) is 2.29. The number of phenolic OH excluding ortho intramolecular Hbond substituents is 1. The largest absolute Gasteiger partial charge is 0.508 e. The summed E-state index contributed by atoms with van der Waals surface area (Å²) in [7, 11) is 1.85. The fourth-order valence-electron chi connectivity index (χ4n) is 4.61. The highest BCUT2D eigenvalue weighted by Crippen LogP contribution is 2.30. The quantitative estimate of drug-likeness (QED) is 0.497. The minimum Gasteiger partial charge on any atom is -0.508 e. The van der Waals surface area contributed by atoms with Crippen molar-refractivity contribution in [2.45, 2.75) is 44.7 Å². The summed E-state index contributed by atoms with van der Waals surface area (Å²) < 4.78 is 0. The first-order valence-electron chi connectivity index (χ1n) is 9.93. The van der Waals surface area contributed by atoms with E-state index < -0.39 is 0 Å². The number of nitrogens with zero attached hydrogens (tertiary/aromatic N) is 3. The number of phenols is 1. The number of likely N-dealkylation sites (tertiary alicyclic amines) is 1. The first kappa shape index (κ1) is 17.4. The van der Waals surface area contributed by atoms with Crippen LogP contribution in [0.3, 0.4) is 0 Å². The maximum absolute atomic E-state index is 10.4. The van der Waals surface area contributed by atoms with Gasteiger partial charge >= 0.3 is 0 Å². The fourth-order valence-corrected chi connectivity index (χ4v) is 4.61. The van der Waals surface area contributed by atoms with Crippen LogP contribution in [0.4, 0.5) is 0 Å². The van der Waals surface area contributed by atoms with Gasteiger partial charge in [0, 0.05) is 51.4 Å². The van der Waals surface area contributed by atoms with Crippen molar-refractivity contribution in [2.75, 3.05) is 33.2 Å². The molecular formula is C21H30N4O. The molecule has 0 amide bonds. The van der Waals surface area contributed by atoms with Gasteiger partial charge in [-0.05, 0) is 49.3 Å². The summed E-state index contributed by atoms with van der Waals surface area (Å²) in [5.74, 6) is 1.36. The van der Waals surface area contributed by atoms with E-state index in [1.807, 2.05) is 13.1 Å². The number of guanidine groups is 1. The van der Waals surface area contributed by atoms with Crippen LogP contribution in [0.1, 0.15) is 36.0 Å². The van der Waals surface area contributed by atoms with Crippen molar-refractivity contribution in [3.05, 3.63) is 41.0 Å². The normalized spacial score (nSPS) is 23.5. The van der Waals surface area contributed by atoms with E-state index in [1.165, 1.54) is 30.4 Å². The van der Waals surface area contributed by atoms with Crippen molar-refractivity contribution >= 4 is 5.96 Å². The number of aliphatic imine (C=N–C) groups is 1. The maximum atomic E-state index is 10.4. The van der Waals surface area contributed by atoms with E-state index in [1.54, 1.807) is 0 Å². The van der Waals surface area contributed by atoms with Crippen LogP contribution in [0.25, 0.3) is 0 Å². The zero-order valence-electron chi connectivity index (χ0n) is 15.7. The van der Waals surface area contributed by atoms with E-state index in [9.17, 15) is 5.11 Å². The van der Waals surface area contributed by atoms with Gasteiger partial charge in [-0.1, -0.05) is 18.2 Å². The highest BCUT2D eigenvalue weighted by Gasteiger charge is 2.29. The van der Waals surface area contributed by atoms with Gasteiger partial charge in [0.25, 0.3) is 0 Å². The Kier molecular flexibility index (Phi) is 5.16. The zero-order valence-corrected chi connectivity index (χ0v) is 15.7. The Morgan fingerprint density at radius 1 is 1.23 bits per heavy atom. The fraction of sp³-hybridized carbons (Fsp3) is 0.571. The topological polar surface area (TPSA) is 51.1 Å². The van der Waals surface area contributed by atoms with E-state index in [0.29, 0.717) is 18.3 Å². The lowest BCUT2D eigenvalue weighted by atomic mass is 9.88. The van der Waals surface area contributed by atoms with Crippen LogP contribution in [0.5, 0.6) is 5.75 Å². The molecule has 0 radical (unpaired) electrons. The van der Waals surface area contributed by atoms with E-state index >= 15 is 0 Å². The van der Waals surface area contributed by atoms with Gasteiger partial charge in [-0.2, -0.15) is 0 Å². The van der Waals surface area contributed by atoms with E-state index in [2.05, 4.69) is 38.3 Å². The third-order valence-electron chi connectivity index (χ3n) is 6.09. The Balaban J connectivity index is 1.41. The summed E-state index contributed by atoms with van der Waals surface area (Å²) in [4.78, 5) is 9.39. The average Bonchev–Trinajstić information content (AvgIpc) is 3.35. The van der Waals surface area contributed by atoms with Crippen LogP contribution < -0.4 is 5.32 Å². The van der Waals surface area contributed by atoms with Crippen LogP contribution in [-0.2, 0) is 19.4 Å². The Hall–Kier alpha value is -2.01. The molecule has 1 aromatic carbocycles. The van der Waals surface area contributed by atoms with Crippen LogP contribution in [-0.4, -0.2) is 60.1 Å². The van der Waals surface area contributed by atoms with Crippen molar-refractivity contribution in [3.8, 4) is 5.75 Å². The van der Waals surface area contributed by atoms with Crippen molar-refractivity contribution in [1.82, 2.24) is 15.1 Å². The molecule has 2 heterocycles. The molecule has 3 aliphatic rings. The number of aryl methyl sites for hydroxylation is 1. The van der Waals surface area contributed by atoms with E-state index in [0.717, 1.165) is 50.5 Å². The molecule has 2 aliphatic heterocycles. The third-order valence-corrected chi connectivity index (χ3v) is 6.09. The second kappa shape index (κ2) is 7.70. The summed E-state index contributed by atoms with van der Waals surface area (Å²) in [6, 6.07) is 4.56. The van der Waals surface area contributed by atoms with Gasteiger partial charge in [-0.3, -0.25) is 9.89 Å². The van der Waals surface area contributed by atoms with Gasteiger partial charge in [-0.25, -0.2) is 0 Å². The van der Waals surface area contributed by atoms with Gasteiger partial charge in [0.1, 0.15) is 5.75 Å². The van der Waals surface area contributed by atoms with Crippen LogP contribution in [0.2, 0.25) is 0 Å². The van der Waals surface area contributed by atoms with Gasteiger partial charge < -0.3 is 15.3 Å². The third kappa shape index (κ3) is 3.45. The summed E-state index contributed by atoms with van der Waals surface area (Å²) >= 11 is 0. The minimum atomic E-state index is 0.413. The molecule has 1 saturated heterocycles. The highest BCUT2D eigenvalue weighted by atomic mass is 16.3. The van der Waals surface area contributed by atoms with E-state index in [-0.39, 0.29) is 0 Å². The molecule has 4 rings (SSSR count). The molecule has 26 heavy (non-hydrogen) atoms. The molecule has 1 fully saturated rings. The van der Waals surface area contributed by atoms with Crippen molar-refractivity contribution in [2.24, 2.45) is 4.99 Å². The van der Waals surface area contributed by atoms with Gasteiger partial charge in [-0.15, -0.1) is 0 Å². The zero-order chi connectivity index (χ0) is 17.9. The van der Waals surface area contributed by atoms with Crippen LogP contribution in [0.15, 0.2) is 29.3 Å². The van der Waals surface area contributed by atoms with Gasteiger partial charge in [0.15, 0.2) is 5.96 Å². The molecule has 0 bridgehead atoms. The summed E-state index contributed by atoms with van der Waals surface area (Å²) in [5.41, 5.74) is 3.81. The lowest BCUT2D eigenvalue weighted by Crippen LogP contribution is -2.42. The molecule has 1 aromatic rings. The number of hydrogen-bond acceptors (Lipinski definition) is 3. The Bertz CT molecular complexity index is 704. The maximum Gasteiger partial charge on any atom is 0.193 e. The molecule has 1 aliphatic carbocycles. The smallest absolute Gasteiger partial charge is 0.193 e. The van der Waals surface area contributed by atoms with Gasteiger partial charge in [0.05, 0.1) is 0 Å². The average molecular weight is 354 g/mol. The Labute approximate surface area is 156 Å². The van der Waals surface area contributed by atoms with Gasteiger partial charge in [0.2, 0.25) is 0 Å². The van der Waals surface area contributed by atoms with Crippen LogP contribution >= 0.6 is 0 Å². The van der Waals surface area contributed by atoms with Crippen molar-refractivity contribution in [1.29, 1.82) is 0 Å². The standard InChI is InChI=1S/C21H30N4O/c1-22-21(25-13-10-17(15-25)24-11-4-5-12-24)23-14-19-18-7-3-2-6-16(18)8-9-20(19)26/h4-5,8-9,17,26H,2-3,6-7,10-15H2,1H3,(H,22,23). The molecule has 1 unspecified atom stereocenters. The second-order valence-corrected chi connectivity index (χ2v) is 7.62. The molecular weight excluding hydrogens is 324 g/mol. The number of rotatable bonds is 3.